The molecule has 106 valence electrons. The van der Waals surface area contributed by atoms with Gasteiger partial charge >= 0.3 is 0 Å². The zero-order chi connectivity index (χ0) is 14.7. The van der Waals surface area contributed by atoms with E-state index in [1.165, 1.54) is 0 Å². The predicted octanol–water partition coefficient (Wildman–Crippen LogP) is 2.62. The van der Waals surface area contributed by atoms with Gasteiger partial charge in [-0.15, -0.1) is 0 Å². The number of rotatable bonds is 4. The molecule has 5 heteroatoms. The summed E-state index contributed by atoms with van der Waals surface area (Å²) in [7, 11) is 0. The molecular formula is C16H16N4O. The van der Waals surface area contributed by atoms with Gasteiger partial charge in [-0.05, 0) is 30.7 Å². The van der Waals surface area contributed by atoms with E-state index in [1.54, 1.807) is 12.1 Å². The minimum absolute atomic E-state index is 0.00579. The fraction of sp³-hybridized carbons (Fsp3) is 0.188. The molecule has 1 aromatic heterocycles. The van der Waals surface area contributed by atoms with Crippen molar-refractivity contribution in [1.29, 1.82) is 0 Å². The molecule has 21 heavy (non-hydrogen) atoms. The number of hydrogen-bond donors (Lipinski definition) is 1. The van der Waals surface area contributed by atoms with Crippen LogP contribution in [0.4, 0.5) is 0 Å². The predicted molar refractivity (Wildman–Crippen MR) is 80.7 cm³/mol. The smallest absolute Gasteiger partial charge is 0.254 e. The maximum atomic E-state index is 12.6. The SMILES string of the molecule is CCN(Cc1ccccc1)C(=O)c1ccc2n[nH]nc2c1. The van der Waals surface area contributed by atoms with E-state index in [-0.39, 0.29) is 5.91 Å². The Morgan fingerprint density at radius 3 is 2.62 bits per heavy atom. The third kappa shape index (κ3) is 2.76. The molecule has 0 fully saturated rings. The first kappa shape index (κ1) is 13.3. The number of nitrogens with one attached hydrogen (secondary N) is 1. The van der Waals surface area contributed by atoms with Gasteiger partial charge in [0.2, 0.25) is 0 Å². The van der Waals surface area contributed by atoms with E-state index in [4.69, 9.17) is 0 Å². The number of amides is 1. The molecule has 0 aliphatic rings. The van der Waals surface area contributed by atoms with Gasteiger partial charge in [-0.2, -0.15) is 15.4 Å². The van der Waals surface area contributed by atoms with Gasteiger partial charge in [0.25, 0.3) is 5.91 Å². The van der Waals surface area contributed by atoms with E-state index in [1.807, 2.05) is 48.2 Å². The number of nitrogens with zero attached hydrogens (tertiary/aromatic N) is 3. The minimum atomic E-state index is 0.00579. The van der Waals surface area contributed by atoms with E-state index in [0.717, 1.165) is 11.1 Å². The van der Waals surface area contributed by atoms with Crippen molar-refractivity contribution in [2.75, 3.05) is 6.54 Å². The van der Waals surface area contributed by atoms with E-state index in [2.05, 4.69) is 15.4 Å². The number of carbonyl (C=O) groups excluding carboxylic acids is 1. The normalized spacial score (nSPS) is 10.7. The van der Waals surface area contributed by atoms with Crippen molar-refractivity contribution in [2.24, 2.45) is 0 Å². The Labute approximate surface area is 122 Å². The molecule has 0 aliphatic carbocycles. The molecule has 0 aliphatic heterocycles. The molecular weight excluding hydrogens is 264 g/mol. The number of aromatic nitrogens is 3. The highest BCUT2D eigenvalue weighted by molar-refractivity contribution is 5.97. The third-order valence-electron chi connectivity index (χ3n) is 3.45. The molecule has 0 bridgehead atoms. The van der Waals surface area contributed by atoms with Crippen LogP contribution in [0, 0.1) is 0 Å². The van der Waals surface area contributed by atoms with Gasteiger partial charge in [-0.1, -0.05) is 30.3 Å². The van der Waals surface area contributed by atoms with Crippen LogP contribution < -0.4 is 0 Å². The first-order chi connectivity index (χ1) is 10.3. The molecule has 2 aromatic carbocycles. The van der Waals surface area contributed by atoms with Crippen LogP contribution in [0.15, 0.2) is 48.5 Å². The van der Waals surface area contributed by atoms with E-state index in [9.17, 15) is 4.79 Å². The van der Waals surface area contributed by atoms with Crippen LogP contribution >= 0.6 is 0 Å². The second-order valence-corrected chi connectivity index (χ2v) is 4.83. The zero-order valence-corrected chi connectivity index (χ0v) is 11.8. The van der Waals surface area contributed by atoms with E-state index < -0.39 is 0 Å². The Balaban J connectivity index is 1.84. The van der Waals surface area contributed by atoms with Gasteiger partial charge in [-0.25, -0.2) is 0 Å². The second-order valence-electron chi connectivity index (χ2n) is 4.83. The molecule has 0 unspecified atom stereocenters. The zero-order valence-electron chi connectivity index (χ0n) is 11.8. The van der Waals surface area contributed by atoms with Crippen molar-refractivity contribution in [3.05, 3.63) is 59.7 Å². The van der Waals surface area contributed by atoms with Crippen LogP contribution in [0.25, 0.3) is 11.0 Å². The number of benzene rings is 2. The van der Waals surface area contributed by atoms with Crippen molar-refractivity contribution in [3.63, 3.8) is 0 Å². The number of aromatic amines is 1. The van der Waals surface area contributed by atoms with Crippen molar-refractivity contribution in [2.45, 2.75) is 13.5 Å². The molecule has 0 radical (unpaired) electrons. The van der Waals surface area contributed by atoms with Gasteiger partial charge < -0.3 is 4.90 Å². The van der Waals surface area contributed by atoms with Gasteiger partial charge in [0, 0.05) is 18.7 Å². The molecule has 0 atom stereocenters. The van der Waals surface area contributed by atoms with Crippen LogP contribution in [-0.4, -0.2) is 32.8 Å². The Bertz CT molecular complexity index is 751. The lowest BCUT2D eigenvalue weighted by Crippen LogP contribution is -2.30. The maximum Gasteiger partial charge on any atom is 0.254 e. The first-order valence-corrected chi connectivity index (χ1v) is 6.91. The first-order valence-electron chi connectivity index (χ1n) is 6.91. The lowest BCUT2D eigenvalue weighted by molar-refractivity contribution is 0.0752. The summed E-state index contributed by atoms with van der Waals surface area (Å²) in [5, 5.41) is 10.6. The average molecular weight is 280 g/mol. The second kappa shape index (κ2) is 5.75. The average Bonchev–Trinajstić information content (AvgIpc) is 3.00. The van der Waals surface area contributed by atoms with Crippen molar-refractivity contribution < 1.29 is 4.79 Å². The summed E-state index contributed by atoms with van der Waals surface area (Å²) in [6, 6.07) is 15.4. The van der Waals surface area contributed by atoms with Crippen molar-refractivity contribution in [3.8, 4) is 0 Å². The summed E-state index contributed by atoms with van der Waals surface area (Å²) in [4.78, 5) is 14.4. The van der Waals surface area contributed by atoms with Crippen molar-refractivity contribution in [1.82, 2.24) is 20.3 Å². The number of H-pyrrole nitrogens is 1. The summed E-state index contributed by atoms with van der Waals surface area (Å²) in [5.74, 6) is 0.00579. The molecule has 0 saturated heterocycles. The number of fused-ring (bicyclic) bond motifs is 1. The molecule has 1 amide bonds. The topological polar surface area (TPSA) is 61.9 Å². The molecule has 0 spiro atoms. The third-order valence-corrected chi connectivity index (χ3v) is 3.45. The summed E-state index contributed by atoms with van der Waals surface area (Å²) in [6.07, 6.45) is 0. The summed E-state index contributed by atoms with van der Waals surface area (Å²) < 4.78 is 0. The highest BCUT2D eigenvalue weighted by atomic mass is 16.2. The summed E-state index contributed by atoms with van der Waals surface area (Å²) >= 11 is 0. The van der Waals surface area contributed by atoms with Crippen LogP contribution in [0.3, 0.4) is 0 Å². The summed E-state index contributed by atoms with van der Waals surface area (Å²) in [6.45, 7) is 3.24. The molecule has 1 heterocycles. The maximum absolute atomic E-state index is 12.6. The number of carbonyl (C=O) groups is 1. The molecule has 3 rings (SSSR count). The highest BCUT2D eigenvalue weighted by Crippen LogP contribution is 2.14. The van der Waals surface area contributed by atoms with Gasteiger partial charge in [0.1, 0.15) is 11.0 Å². The minimum Gasteiger partial charge on any atom is -0.335 e. The van der Waals surface area contributed by atoms with Crippen LogP contribution in [-0.2, 0) is 6.54 Å². The lowest BCUT2D eigenvalue weighted by Gasteiger charge is -2.21. The molecule has 3 aromatic rings. The molecule has 1 N–H and O–H groups in total. The number of hydrogen-bond acceptors (Lipinski definition) is 3. The Kier molecular flexibility index (Phi) is 3.64. The van der Waals surface area contributed by atoms with Crippen LogP contribution in [0.1, 0.15) is 22.8 Å². The van der Waals surface area contributed by atoms with Crippen molar-refractivity contribution >= 4 is 16.9 Å². The van der Waals surface area contributed by atoms with Crippen LogP contribution in [0.5, 0.6) is 0 Å². The Hall–Kier alpha value is -2.69. The van der Waals surface area contributed by atoms with Gasteiger partial charge in [-0.3, -0.25) is 4.79 Å². The lowest BCUT2D eigenvalue weighted by atomic mass is 10.1. The fourth-order valence-electron chi connectivity index (χ4n) is 2.29. The monoisotopic (exact) mass is 280 g/mol. The van der Waals surface area contributed by atoms with Crippen LogP contribution in [0.2, 0.25) is 0 Å². The molecule has 0 saturated carbocycles. The van der Waals surface area contributed by atoms with E-state index in [0.29, 0.717) is 24.2 Å². The summed E-state index contributed by atoms with van der Waals surface area (Å²) in [5.41, 5.74) is 3.22. The van der Waals surface area contributed by atoms with Gasteiger partial charge in [0.05, 0.1) is 0 Å². The Morgan fingerprint density at radius 1 is 1.10 bits per heavy atom. The quantitative estimate of drug-likeness (QED) is 0.799. The van der Waals surface area contributed by atoms with Gasteiger partial charge in [0.15, 0.2) is 0 Å². The standard InChI is InChI=1S/C16H16N4O/c1-2-20(11-12-6-4-3-5-7-12)16(21)13-8-9-14-15(10-13)18-19-17-14/h3-10H,2,11H2,1H3,(H,17,18,19). The fourth-order valence-corrected chi connectivity index (χ4v) is 2.29. The largest absolute Gasteiger partial charge is 0.335 e. The Morgan fingerprint density at radius 2 is 1.86 bits per heavy atom. The molecule has 5 nitrogen and oxygen atoms in total. The highest BCUT2D eigenvalue weighted by Gasteiger charge is 2.15. The van der Waals surface area contributed by atoms with E-state index >= 15 is 0 Å².